The molecule has 0 bridgehead atoms. The Morgan fingerprint density at radius 3 is 2.94 bits per heavy atom. The predicted octanol–water partition coefficient (Wildman–Crippen LogP) is 2.37. The number of rotatable bonds is 4. The average Bonchev–Trinajstić information content (AvgIpc) is 2.72. The van der Waals surface area contributed by atoms with E-state index in [4.69, 9.17) is 22.4 Å². The zero-order valence-electron chi connectivity index (χ0n) is 9.74. The molecule has 0 atom stereocenters. The number of thiocarbonyl (C=S) groups is 1. The van der Waals surface area contributed by atoms with E-state index in [2.05, 4.69) is 10.3 Å². The van der Waals surface area contributed by atoms with Gasteiger partial charge in [-0.25, -0.2) is 9.37 Å². The summed E-state index contributed by atoms with van der Waals surface area (Å²) in [5, 5.41) is 3.00. The zero-order valence-corrected chi connectivity index (χ0v) is 10.6. The number of aryl methyl sites for hydroxylation is 1. The maximum Gasteiger partial charge on any atom is 0.213 e. The molecule has 6 heteroatoms. The maximum absolute atomic E-state index is 13.6. The van der Waals surface area contributed by atoms with Crippen LogP contribution in [-0.2, 0) is 6.54 Å². The fraction of sp³-hybridized carbons (Fsp3) is 0.167. The van der Waals surface area contributed by atoms with Crippen LogP contribution in [0, 0.1) is 12.7 Å². The van der Waals surface area contributed by atoms with Gasteiger partial charge in [-0.3, -0.25) is 0 Å². The molecule has 0 radical (unpaired) electrons. The second kappa shape index (κ2) is 5.14. The van der Waals surface area contributed by atoms with Gasteiger partial charge in [-0.05, 0) is 19.1 Å². The summed E-state index contributed by atoms with van der Waals surface area (Å²) in [6.07, 6.45) is 1.62. The van der Waals surface area contributed by atoms with Crippen LogP contribution in [0.2, 0.25) is 0 Å². The van der Waals surface area contributed by atoms with Crippen LogP contribution in [0.5, 0.6) is 0 Å². The number of halogens is 1. The highest BCUT2D eigenvalue weighted by Gasteiger charge is 2.11. The number of oxazole rings is 1. The van der Waals surface area contributed by atoms with E-state index in [9.17, 15) is 4.39 Å². The number of nitrogens with two attached hydrogens (primary N) is 1. The molecule has 0 saturated carbocycles. The minimum atomic E-state index is -0.448. The highest BCUT2D eigenvalue weighted by atomic mass is 32.1. The third-order valence-electron chi connectivity index (χ3n) is 2.36. The first-order valence-corrected chi connectivity index (χ1v) is 5.72. The van der Waals surface area contributed by atoms with Crippen molar-refractivity contribution in [3.05, 3.63) is 47.4 Å². The topological polar surface area (TPSA) is 64.1 Å². The number of anilines is 1. The largest absolute Gasteiger partial charge is 0.444 e. The number of hydrogen-bond donors (Lipinski definition) is 2. The molecule has 4 nitrogen and oxygen atoms in total. The summed E-state index contributed by atoms with van der Waals surface area (Å²) < 4.78 is 18.9. The molecule has 1 aromatic heterocycles. The molecule has 3 N–H and O–H groups in total. The van der Waals surface area contributed by atoms with Crippen molar-refractivity contribution in [2.45, 2.75) is 13.5 Å². The van der Waals surface area contributed by atoms with E-state index in [-0.39, 0.29) is 10.6 Å². The van der Waals surface area contributed by atoms with E-state index in [0.717, 1.165) is 5.76 Å². The lowest BCUT2D eigenvalue weighted by atomic mass is 10.1. The third-order valence-corrected chi connectivity index (χ3v) is 2.56. The lowest BCUT2D eigenvalue weighted by Crippen LogP contribution is -2.15. The second-order valence-electron chi connectivity index (χ2n) is 3.74. The first-order chi connectivity index (χ1) is 8.58. The molecule has 18 heavy (non-hydrogen) atoms. The van der Waals surface area contributed by atoms with Gasteiger partial charge in [0.1, 0.15) is 16.6 Å². The molecule has 0 saturated heterocycles. The summed E-state index contributed by atoms with van der Waals surface area (Å²) in [7, 11) is 0. The van der Waals surface area contributed by atoms with Crippen molar-refractivity contribution in [1.29, 1.82) is 0 Å². The van der Waals surface area contributed by atoms with Crippen LogP contribution in [0.15, 0.2) is 28.8 Å². The molecule has 2 rings (SSSR count). The Hall–Kier alpha value is -1.95. The van der Waals surface area contributed by atoms with Crippen LogP contribution >= 0.6 is 12.2 Å². The molecule has 0 spiro atoms. The molecule has 2 aromatic rings. The van der Waals surface area contributed by atoms with Gasteiger partial charge in [-0.2, -0.15) is 0 Å². The average molecular weight is 265 g/mol. The van der Waals surface area contributed by atoms with Gasteiger partial charge >= 0.3 is 0 Å². The maximum atomic E-state index is 13.6. The van der Waals surface area contributed by atoms with Crippen molar-refractivity contribution in [2.24, 2.45) is 5.73 Å². The normalized spacial score (nSPS) is 10.3. The Morgan fingerprint density at radius 2 is 2.33 bits per heavy atom. The van der Waals surface area contributed by atoms with E-state index in [1.165, 1.54) is 6.07 Å². The molecule has 0 fully saturated rings. The fourth-order valence-corrected chi connectivity index (χ4v) is 1.78. The Labute approximate surface area is 109 Å². The van der Waals surface area contributed by atoms with Crippen LogP contribution in [0.1, 0.15) is 17.2 Å². The Bertz CT molecular complexity index is 582. The quantitative estimate of drug-likeness (QED) is 0.831. The van der Waals surface area contributed by atoms with Crippen molar-refractivity contribution < 1.29 is 8.81 Å². The fourth-order valence-electron chi connectivity index (χ4n) is 1.58. The first kappa shape index (κ1) is 12.5. The van der Waals surface area contributed by atoms with Gasteiger partial charge in [0.05, 0.1) is 18.3 Å². The van der Waals surface area contributed by atoms with Gasteiger partial charge in [-0.15, -0.1) is 0 Å². The summed E-state index contributed by atoms with van der Waals surface area (Å²) in [6, 6.07) is 4.60. The highest BCUT2D eigenvalue weighted by molar-refractivity contribution is 7.80. The Morgan fingerprint density at radius 1 is 1.56 bits per heavy atom. The summed E-state index contributed by atoms with van der Waals surface area (Å²) in [5.41, 5.74) is 6.23. The van der Waals surface area contributed by atoms with E-state index in [1.807, 2.05) is 0 Å². The van der Waals surface area contributed by atoms with E-state index in [1.54, 1.807) is 25.3 Å². The Balaban J connectivity index is 2.19. The summed E-state index contributed by atoms with van der Waals surface area (Å²) >= 11 is 4.83. The van der Waals surface area contributed by atoms with Crippen molar-refractivity contribution in [3.8, 4) is 0 Å². The molecule has 0 amide bonds. The van der Waals surface area contributed by atoms with E-state index >= 15 is 0 Å². The molecule has 0 aliphatic heterocycles. The highest BCUT2D eigenvalue weighted by Crippen LogP contribution is 2.19. The number of aromatic nitrogens is 1. The lowest BCUT2D eigenvalue weighted by molar-refractivity contribution is 0.479. The lowest BCUT2D eigenvalue weighted by Gasteiger charge is -2.10. The van der Waals surface area contributed by atoms with Crippen molar-refractivity contribution in [1.82, 2.24) is 4.98 Å². The molecule has 0 aliphatic rings. The van der Waals surface area contributed by atoms with Gasteiger partial charge in [0.2, 0.25) is 5.89 Å². The molecular formula is C12H12FN3OS. The van der Waals surface area contributed by atoms with Gasteiger partial charge in [0.25, 0.3) is 0 Å². The van der Waals surface area contributed by atoms with Gasteiger partial charge in [0.15, 0.2) is 0 Å². The van der Waals surface area contributed by atoms with Crippen LogP contribution in [0.3, 0.4) is 0 Å². The SMILES string of the molecule is Cc1cnc(CNc2cccc(F)c2C(N)=S)o1. The molecule has 0 unspecified atom stereocenters. The molecule has 1 aromatic carbocycles. The summed E-state index contributed by atoms with van der Waals surface area (Å²) in [4.78, 5) is 4.05. The standard InChI is InChI=1S/C12H12FN3OS/c1-7-5-16-10(17-7)6-15-9-4-2-3-8(13)11(9)12(14)18/h2-5,15H,6H2,1H3,(H2,14,18). The van der Waals surface area contributed by atoms with Crippen LogP contribution in [-0.4, -0.2) is 9.97 Å². The number of benzene rings is 1. The smallest absolute Gasteiger partial charge is 0.213 e. The monoisotopic (exact) mass is 265 g/mol. The van der Waals surface area contributed by atoms with Crippen molar-refractivity contribution >= 4 is 22.9 Å². The minimum absolute atomic E-state index is 0.0131. The van der Waals surface area contributed by atoms with Crippen LogP contribution < -0.4 is 11.1 Å². The van der Waals surface area contributed by atoms with E-state index in [0.29, 0.717) is 18.1 Å². The summed E-state index contributed by atoms with van der Waals surface area (Å²) in [5.74, 6) is 0.794. The molecule has 94 valence electrons. The zero-order chi connectivity index (χ0) is 13.1. The number of nitrogens with one attached hydrogen (secondary N) is 1. The van der Waals surface area contributed by atoms with Crippen LogP contribution in [0.4, 0.5) is 10.1 Å². The molecule has 1 heterocycles. The van der Waals surface area contributed by atoms with Gasteiger partial charge in [-0.1, -0.05) is 18.3 Å². The summed E-state index contributed by atoms with van der Waals surface area (Å²) in [6.45, 7) is 2.14. The third kappa shape index (κ3) is 2.65. The second-order valence-corrected chi connectivity index (χ2v) is 4.18. The van der Waals surface area contributed by atoms with E-state index < -0.39 is 5.82 Å². The first-order valence-electron chi connectivity index (χ1n) is 5.31. The Kier molecular flexibility index (Phi) is 3.57. The molecule has 0 aliphatic carbocycles. The molecular weight excluding hydrogens is 253 g/mol. The van der Waals surface area contributed by atoms with Crippen LogP contribution in [0.25, 0.3) is 0 Å². The minimum Gasteiger partial charge on any atom is -0.444 e. The van der Waals surface area contributed by atoms with Gasteiger partial charge in [0, 0.05) is 5.69 Å². The van der Waals surface area contributed by atoms with Crippen molar-refractivity contribution in [3.63, 3.8) is 0 Å². The number of nitrogens with zero attached hydrogens (tertiary/aromatic N) is 1. The van der Waals surface area contributed by atoms with Crippen molar-refractivity contribution in [2.75, 3.05) is 5.32 Å². The number of hydrogen-bond acceptors (Lipinski definition) is 4. The van der Waals surface area contributed by atoms with Gasteiger partial charge < -0.3 is 15.5 Å². The predicted molar refractivity (Wildman–Crippen MR) is 70.9 cm³/mol.